The third-order valence-electron chi connectivity index (χ3n) is 3.46. The molecule has 1 atom stereocenters. The Morgan fingerprint density at radius 2 is 2.10 bits per heavy atom. The van der Waals surface area contributed by atoms with Crippen LogP contribution in [0, 0.1) is 0 Å². The van der Waals surface area contributed by atoms with Crippen molar-refractivity contribution in [2.75, 3.05) is 7.11 Å². The number of benzene rings is 1. The van der Waals surface area contributed by atoms with Gasteiger partial charge in [-0.15, -0.1) is 11.6 Å². The number of halogens is 1. The molecule has 0 aliphatic heterocycles. The Morgan fingerprint density at radius 3 is 2.76 bits per heavy atom. The Labute approximate surface area is 130 Å². The fourth-order valence-corrected chi connectivity index (χ4v) is 2.12. The van der Waals surface area contributed by atoms with E-state index in [1.165, 1.54) is 0 Å². The first-order chi connectivity index (χ1) is 10.2. The second-order valence-electron chi connectivity index (χ2n) is 4.95. The summed E-state index contributed by atoms with van der Waals surface area (Å²) in [7, 11) is 1.63. The van der Waals surface area contributed by atoms with Crippen LogP contribution in [0.25, 0.3) is 0 Å². The van der Waals surface area contributed by atoms with Gasteiger partial charge in [-0.1, -0.05) is 13.0 Å². The number of ether oxygens (including phenoxy) is 2. The van der Waals surface area contributed by atoms with Crippen molar-refractivity contribution < 1.29 is 9.47 Å². The van der Waals surface area contributed by atoms with Gasteiger partial charge in [-0.3, -0.25) is 4.68 Å². The highest BCUT2D eigenvalue weighted by molar-refractivity contribution is 6.17. The first-order valence-electron chi connectivity index (χ1n) is 7.07. The first-order valence-corrected chi connectivity index (χ1v) is 7.61. The third kappa shape index (κ3) is 3.91. The van der Waals surface area contributed by atoms with Crippen molar-refractivity contribution in [2.45, 2.75) is 38.8 Å². The molecule has 1 aromatic heterocycles. The van der Waals surface area contributed by atoms with E-state index in [-0.39, 0.29) is 0 Å². The number of hydrogen-bond acceptors (Lipinski definition) is 3. The SMILES string of the molecule is CCC(C)n1ccc(COc2cc(CCl)ccc2OC)n1. The molecule has 0 fully saturated rings. The molecule has 0 aliphatic rings. The van der Waals surface area contributed by atoms with Crippen molar-refractivity contribution in [3.63, 3.8) is 0 Å². The molecule has 0 N–H and O–H groups in total. The minimum atomic E-state index is 0.396. The Kier molecular flexibility index (Phi) is 5.51. The quantitative estimate of drug-likeness (QED) is 0.720. The van der Waals surface area contributed by atoms with E-state index in [1.54, 1.807) is 7.11 Å². The molecule has 2 aromatic rings. The van der Waals surface area contributed by atoms with E-state index >= 15 is 0 Å². The topological polar surface area (TPSA) is 36.3 Å². The second kappa shape index (κ2) is 7.36. The molecule has 0 saturated heterocycles. The minimum absolute atomic E-state index is 0.396. The van der Waals surface area contributed by atoms with Crippen LogP contribution in [0.15, 0.2) is 30.5 Å². The molecule has 0 aliphatic carbocycles. The summed E-state index contributed by atoms with van der Waals surface area (Å²) in [6.45, 7) is 4.70. The average Bonchev–Trinajstić information content (AvgIpc) is 3.00. The fraction of sp³-hybridized carbons (Fsp3) is 0.438. The second-order valence-corrected chi connectivity index (χ2v) is 5.22. The largest absolute Gasteiger partial charge is 0.493 e. The Hall–Kier alpha value is -1.68. The van der Waals surface area contributed by atoms with Crippen molar-refractivity contribution in [3.05, 3.63) is 41.7 Å². The van der Waals surface area contributed by atoms with E-state index < -0.39 is 0 Å². The molecule has 0 amide bonds. The molecule has 5 heteroatoms. The van der Waals surface area contributed by atoms with E-state index in [0.29, 0.717) is 30.0 Å². The number of methoxy groups -OCH3 is 1. The molecule has 0 radical (unpaired) electrons. The van der Waals surface area contributed by atoms with Crippen molar-refractivity contribution in [3.8, 4) is 11.5 Å². The highest BCUT2D eigenvalue weighted by Crippen LogP contribution is 2.29. The van der Waals surface area contributed by atoms with Gasteiger partial charge in [-0.2, -0.15) is 5.10 Å². The van der Waals surface area contributed by atoms with Crippen molar-refractivity contribution in [1.29, 1.82) is 0 Å². The third-order valence-corrected chi connectivity index (χ3v) is 3.77. The summed E-state index contributed by atoms with van der Waals surface area (Å²) in [5, 5.41) is 4.52. The molecule has 0 spiro atoms. The van der Waals surface area contributed by atoms with Crippen LogP contribution >= 0.6 is 11.6 Å². The highest BCUT2D eigenvalue weighted by Gasteiger charge is 2.08. The monoisotopic (exact) mass is 308 g/mol. The van der Waals surface area contributed by atoms with E-state index in [9.17, 15) is 0 Å². The Balaban J connectivity index is 2.07. The molecular formula is C16H21ClN2O2. The maximum Gasteiger partial charge on any atom is 0.162 e. The van der Waals surface area contributed by atoms with E-state index in [1.807, 2.05) is 35.1 Å². The predicted octanol–water partition coefficient (Wildman–Crippen LogP) is 4.18. The summed E-state index contributed by atoms with van der Waals surface area (Å²) < 4.78 is 13.1. The van der Waals surface area contributed by atoms with Gasteiger partial charge in [0.2, 0.25) is 0 Å². The van der Waals surface area contributed by atoms with Gasteiger partial charge in [0.05, 0.1) is 12.8 Å². The van der Waals surface area contributed by atoms with Gasteiger partial charge < -0.3 is 9.47 Å². The van der Waals surface area contributed by atoms with Gasteiger partial charge in [-0.05, 0) is 37.1 Å². The molecule has 114 valence electrons. The zero-order valence-electron chi connectivity index (χ0n) is 12.7. The van der Waals surface area contributed by atoms with Gasteiger partial charge in [-0.25, -0.2) is 0 Å². The molecule has 4 nitrogen and oxygen atoms in total. The van der Waals surface area contributed by atoms with Gasteiger partial charge >= 0.3 is 0 Å². The molecule has 21 heavy (non-hydrogen) atoms. The maximum atomic E-state index is 5.85. The summed E-state index contributed by atoms with van der Waals surface area (Å²) in [6, 6.07) is 8.07. The van der Waals surface area contributed by atoms with Crippen molar-refractivity contribution in [1.82, 2.24) is 9.78 Å². The first kappa shape index (κ1) is 15.7. The minimum Gasteiger partial charge on any atom is -0.493 e. The molecule has 1 aromatic carbocycles. The lowest BCUT2D eigenvalue weighted by Crippen LogP contribution is -2.06. The summed E-state index contributed by atoms with van der Waals surface area (Å²) in [5.74, 6) is 1.84. The fourth-order valence-electron chi connectivity index (χ4n) is 1.96. The zero-order chi connectivity index (χ0) is 15.2. The van der Waals surface area contributed by atoms with Crippen LogP contribution in [0.4, 0.5) is 0 Å². The Morgan fingerprint density at radius 1 is 1.29 bits per heavy atom. The van der Waals surface area contributed by atoms with Crippen molar-refractivity contribution in [2.24, 2.45) is 0 Å². The number of rotatable bonds is 7. The molecule has 2 rings (SSSR count). The number of hydrogen-bond donors (Lipinski definition) is 0. The van der Waals surface area contributed by atoms with Crippen LogP contribution in [0.2, 0.25) is 0 Å². The Bertz CT molecular complexity index is 583. The normalized spacial score (nSPS) is 12.2. The number of alkyl halides is 1. The average molecular weight is 309 g/mol. The van der Waals surface area contributed by atoms with Crippen LogP contribution in [0.3, 0.4) is 0 Å². The number of nitrogens with zero attached hydrogens (tertiary/aromatic N) is 2. The van der Waals surface area contributed by atoms with Crippen molar-refractivity contribution >= 4 is 11.6 Å². The molecular weight excluding hydrogens is 288 g/mol. The smallest absolute Gasteiger partial charge is 0.162 e. The zero-order valence-corrected chi connectivity index (χ0v) is 13.4. The van der Waals surface area contributed by atoms with Gasteiger partial charge in [0, 0.05) is 18.1 Å². The summed E-state index contributed by atoms with van der Waals surface area (Å²) in [4.78, 5) is 0. The van der Waals surface area contributed by atoms with Gasteiger partial charge in [0.15, 0.2) is 11.5 Å². The molecule has 0 bridgehead atoms. The van der Waals surface area contributed by atoms with Crippen LogP contribution in [-0.2, 0) is 12.5 Å². The lowest BCUT2D eigenvalue weighted by molar-refractivity contribution is 0.278. The van der Waals surface area contributed by atoms with E-state index in [0.717, 1.165) is 17.7 Å². The van der Waals surface area contributed by atoms with Gasteiger partial charge in [0.25, 0.3) is 0 Å². The van der Waals surface area contributed by atoms with E-state index in [4.69, 9.17) is 21.1 Å². The summed E-state index contributed by atoms with van der Waals surface area (Å²) in [5.41, 5.74) is 1.89. The van der Waals surface area contributed by atoms with Crippen LogP contribution < -0.4 is 9.47 Å². The molecule has 0 saturated carbocycles. The molecule has 1 heterocycles. The van der Waals surface area contributed by atoms with Gasteiger partial charge in [0.1, 0.15) is 6.61 Å². The predicted molar refractivity (Wildman–Crippen MR) is 84.1 cm³/mol. The standard InChI is InChI=1S/C16H21ClN2O2/c1-4-12(2)19-8-7-14(18-19)11-21-16-9-13(10-17)5-6-15(16)20-3/h5-9,12H,4,10-11H2,1-3H3. The summed E-state index contributed by atoms with van der Waals surface area (Å²) >= 11 is 5.85. The summed E-state index contributed by atoms with van der Waals surface area (Å²) in [6.07, 6.45) is 3.03. The van der Waals surface area contributed by atoms with Crippen LogP contribution in [0.5, 0.6) is 11.5 Å². The highest BCUT2D eigenvalue weighted by atomic mass is 35.5. The van der Waals surface area contributed by atoms with Crippen LogP contribution in [-0.4, -0.2) is 16.9 Å². The number of aromatic nitrogens is 2. The van der Waals surface area contributed by atoms with Crippen LogP contribution in [0.1, 0.15) is 37.6 Å². The lowest BCUT2D eigenvalue weighted by Gasteiger charge is -2.11. The maximum absolute atomic E-state index is 5.85. The molecule has 1 unspecified atom stereocenters. The van der Waals surface area contributed by atoms with E-state index in [2.05, 4.69) is 18.9 Å². The lowest BCUT2D eigenvalue weighted by atomic mass is 10.2.